The predicted molar refractivity (Wildman–Crippen MR) is 139 cm³/mol. The molecule has 0 spiro atoms. The summed E-state index contributed by atoms with van der Waals surface area (Å²) < 4.78 is 78.8. The summed E-state index contributed by atoms with van der Waals surface area (Å²) in [5, 5.41) is 0. The van der Waals surface area contributed by atoms with Crippen LogP contribution in [0.2, 0.25) is 0 Å². The Morgan fingerprint density at radius 3 is 2.18 bits per heavy atom. The van der Waals surface area contributed by atoms with E-state index in [0.29, 0.717) is 37.7 Å². The molecule has 1 fully saturated rings. The molecular weight excluding hydrogens is 538 g/mol. The van der Waals surface area contributed by atoms with Gasteiger partial charge in [-0.05, 0) is 48.0 Å². The predicted octanol–water partition coefficient (Wildman–Crippen LogP) is 4.63. The lowest BCUT2D eigenvalue weighted by atomic mass is 9.98. The summed E-state index contributed by atoms with van der Waals surface area (Å²) in [6.07, 6.45) is -1.62. The molecule has 0 radical (unpaired) electrons. The Hall–Kier alpha value is -4.17. The Labute approximate surface area is 223 Å². The Kier molecular flexibility index (Phi) is 7.39. The van der Waals surface area contributed by atoms with Crippen LogP contribution in [0.1, 0.15) is 5.82 Å². The van der Waals surface area contributed by atoms with Crippen LogP contribution in [0.4, 0.5) is 35.0 Å². The molecule has 1 atom stereocenters. The molecule has 0 bridgehead atoms. The molecule has 2 aromatic carbocycles. The average Bonchev–Trinajstić information content (AvgIpc) is 2.93. The standard InChI is InChI=1S/C25H21F4N7O2S/c26-18-7-5-16(6-8-18)21-20(17-3-1-4-19(15-17)34-39(37)38)22(33-23(32-21)25(27,28)29)35-11-13-36(14-12-35)24-30-9-2-10-31-24/h1-10,15,34H,11-14H2,(H,37,38). The summed E-state index contributed by atoms with van der Waals surface area (Å²) in [5.74, 6) is -1.34. The molecule has 4 aromatic rings. The Bertz CT molecular complexity index is 1480. The van der Waals surface area contributed by atoms with Crippen molar-refractivity contribution in [3.05, 3.63) is 78.6 Å². The van der Waals surface area contributed by atoms with Crippen LogP contribution in [-0.2, 0) is 17.4 Å². The molecule has 0 aliphatic carbocycles. The van der Waals surface area contributed by atoms with Crippen LogP contribution in [0, 0.1) is 5.82 Å². The van der Waals surface area contributed by atoms with E-state index in [9.17, 15) is 26.3 Å². The van der Waals surface area contributed by atoms with E-state index in [2.05, 4.69) is 24.7 Å². The molecule has 0 saturated carbocycles. The van der Waals surface area contributed by atoms with Gasteiger partial charge >= 0.3 is 6.18 Å². The monoisotopic (exact) mass is 559 g/mol. The molecule has 1 aliphatic rings. The summed E-state index contributed by atoms with van der Waals surface area (Å²) in [7, 11) is 0. The molecule has 2 aromatic heterocycles. The number of piperazine rings is 1. The van der Waals surface area contributed by atoms with Crippen molar-refractivity contribution in [2.24, 2.45) is 0 Å². The van der Waals surface area contributed by atoms with Crippen molar-refractivity contribution >= 4 is 28.7 Å². The molecule has 39 heavy (non-hydrogen) atoms. The fourth-order valence-corrected chi connectivity index (χ4v) is 4.63. The molecule has 202 valence electrons. The van der Waals surface area contributed by atoms with Crippen molar-refractivity contribution in [3.63, 3.8) is 0 Å². The van der Waals surface area contributed by atoms with Gasteiger partial charge in [0.15, 0.2) is 0 Å². The summed E-state index contributed by atoms with van der Waals surface area (Å²) in [6.45, 7) is 1.46. The third-order valence-electron chi connectivity index (χ3n) is 6.03. The maximum Gasteiger partial charge on any atom is 0.451 e. The van der Waals surface area contributed by atoms with Crippen LogP contribution in [0.15, 0.2) is 67.0 Å². The first-order valence-corrected chi connectivity index (χ1v) is 12.8. The smallest absolute Gasteiger partial charge is 0.352 e. The number of anilines is 3. The first-order valence-electron chi connectivity index (χ1n) is 11.7. The van der Waals surface area contributed by atoms with Crippen molar-refractivity contribution in [2.75, 3.05) is 40.7 Å². The van der Waals surface area contributed by atoms with Gasteiger partial charge in [0, 0.05) is 49.8 Å². The van der Waals surface area contributed by atoms with E-state index in [0.717, 1.165) is 12.1 Å². The molecule has 1 aliphatic heterocycles. The van der Waals surface area contributed by atoms with E-state index in [1.54, 1.807) is 41.6 Å². The van der Waals surface area contributed by atoms with E-state index >= 15 is 0 Å². The second kappa shape index (κ2) is 10.9. The molecule has 0 amide bonds. The normalized spacial score (nSPS) is 14.8. The number of halogens is 4. The van der Waals surface area contributed by atoms with Crippen LogP contribution >= 0.6 is 0 Å². The number of alkyl halides is 3. The molecule has 1 unspecified atom stereocenters. The van der Waals surface area contributed by atoms with Gasteiger partial charge in [0.25, 0.3) is 11.3 Å². The lowest BCUT2D eigenvalue weighted by Crippen LogP contribution is -2.47. The highest BCUT2D eigenvalue weighted by Gasteiger charge is 2.38. The van der Waals surface area contributed by atoms with Gasteiger partial charge in [-0.3, -0.25) is 9.27 Å². The van der Waals surface area contributed by atoms with Gasteiger partial charge in [0.1, 0.15) is 11.6 Å². The highest BCUT2D eigenvalue weighted by molar-refractivity contribution is 7.80. The van der Waals surface area contributed by atoms with Crippen molar-refractivity contribution < 1.29 is 26.3 Å². The molecule has 1 saturated heterocycles. The number of aromatic nitrogens is 4. The van der Waals surface area contributed by atoms with Crippen LogP contribution in [0.25, 0.3) is 22.4 Å². The van der Waals surface area contributed by atoms with E-state index < -0.39 is 29.1 Å². The minimum Gasteiger partial charge on any atom is -0.352 e. The van der Waals surface area contributed by atoms with Gasteiger partial charge in [-0.25, -0.2) is 28.5 Å². The molecule has 9 nitrogen and oxygen atoms in total. The topological polar surface area (TPSA) is 107 Å². The Morgan fingerprint density at radius 1 is 0.872 bits per heavy atom. The first-order chi connectivity index (χ1) is 18.7. The van der Waals surface area contributed by atoms with E-state index in [1.165, 1.54) is 18.2 Å². The Morgan fingerprint density at radius 2 is 1.54 bits per heavy atom. The van der Waals surface area contributed by atoms with Gasteiger partial charge in [-0.15, -0.1) is 0 Å². The summed E-state index contributed by atoms with van der Waals surface area (Å²) in [4.78, 5) is 20.0. The van der Waals surface area contributed by atoms with Gasteiger partial charge < -0.3 is 9.80 Å². The van der Waals surface area contributed by atoms with Crippen molar-refractivity contribution in [1.29, 1.82) is 0 Å². The maximum atomic E-state index is 14.0. The molecular formula is C25H21F4N7O2S. The van der Waals surface area contributed by atoms with Crippen LogP contribution in [-0.4, -0.2) is 54.9 Å². The highest BCUT2D eigenvalue weighted by Crippen LogP contribution is 2.41. The van der Waals surface area contributed by atoms with E-state index in [1.807, 2.05) is 4.90 Å². The second-order valence-corrected chi connectivity index (χ2v) is 9.26. The molecule has 3 heterocycles. The minimum absolute atomic E-state index is 0.0348. The number of rotatable bonds is 6. The number of nitrogens with zero attached hydrogens (tertiary/aromatic N) is 6. The third-order valence-corrected chi connectivity index (χ3v) is 6.44. The zero-order chi connectivity index (χ0) is 27.6. The molecule has 5 rings (SSSR count). The van der Waals surface area contributed by atoms with Crippen LogP contribution in [0.5, 0.6) is 0 Å². The first kappa shape index (κ1) is 26.4. The summed E-state index contributed by atoms with van der Waals surface area (Å²) in [6, 6.07) is 13.0. The van der Waals surface area contributed by atoms with Gasteiger partial charge in [-0.2, -0.15) is 13.2 Å². The van der Waals surface area contributed by atoms with Crippen LogP contribution < -0.4 is 14.5 Å². The van der Waals surface area contributed by atoms with E-state index in [-0.39, 0.29) is 28.3 Å². The Balaban J connectivity index is 1.66. The number of nitrogens with one attached hydrogen (secondary N) is 1. The quantitative estimate of drug-likeness (QED) is 0.260. The zero-order valence-corrected chi connectivity index (χ0v) is 21.0. The van der Waals surface area contributed by atoms with E-state index in [4.69, 9.17) is 0 Å². The maximum absolute atomic E-state index is 14.0. The number of benzene rings is 2. The van der Waals surface area contributed by atoms with Crippen molar-refractivity contribution in [1.82, 2.24) is 19.9 Å². The third kappa shape index (κ3) is 5.96. The molecule has 14 heteroatoms. The van der Waals surface area contributed by atoms with Gasteiger partial charge in [0.2, 0.25) is 11.8 Å². The zero-order valence-electron chi connectivity index (χ0n) is 20.1. The number of hydrogen-bond donors (Lipinski definition) is 2. The van der Waals surface area contributed by atoms with Crippen molar-refractivity contribution in [3.8, 4) is 22.4 Å². The molecule has 2 N–H and O–H groups in total. The lowest BCUT2D eigenvalue weighted by Gasteiger charge is -2.36. The second-order valence-electron chi connectivity index (χ2n) is 8.55. The summed E-state index contributed by atoms with van der Waals surface area (Å²) >= 11 is -2.37. The SMILES string of the molecule is O=S(O)Nc1cccc(-c2c(-c3ccc(F)cc3)nc(C(F)(F)F)nc2N2CCN(c3ncccn3)CC2)c1. The van der Waals surface area contributed by atoms with Gasteiger partial charge in [-0.1, -0.05) is 12.1 Å². The highest BCUT2D eigenvalue weighted by atomic mass is 32.2. The fraction of sp³-hybridized carbons (Fsp3) is 0.200. The fourth-order valence-electron chi connectivity index (χ4n) is 4.30. The largest absolute Gasteiger partial charge is 0.451 e. The van der Waals surface area contributed by atoms with Crippen LogP contribution in [0.3, 0.4) is 0 Å². The van der Waals surface area contributed by atoms with Crippen molar-refractivity contribution in [2.45, 2.75) is 6.18 Å². The average molecular weight is 560 g/mol. The number of hydrogen-bond acceptors (Lipinski definition) is 7. The lowest BCUT2D eigenvalue weighted by molar-refractivity contribution is -0.144. The summed E-state index contributed by atoms with van der Waals surface area (Å²) in [5.41, 5.74) is 1.13. The van der Waals surface area contributed by atoms with Gasteiger partial charge in [0.05, 0.1) is 11.3 Å². The minimum atomic E-state index is -4.85.